The molecule has 118 valence electrons. The number of pyridine rings is 1. The van der Waals surface area contributed by atoms with Crippen molar-refractivity contribution in [1.29, 1.82) is 0 Å². The Labute approximate surface area is 142 Å². The summed E-state index contributed by atoms with van der Waals surface area (Å²) in [7, 11) is 0. The van der Waals surface area contributed by atoms with E-state index in [1.54, 1.807) is 34.8 Å². The van der Waals surface area contributed by atoms with Crippen LogP contribution < -0.4 is 0 Å². The first-order valence-electron chi connectivity index (χ1n) is 7.16. The zero-order chi connectivity index (χ0) is 16.1. The van der Waals surface area contributed by atoms with Gasteiger partial charge in [-0.2, -0.15) is 0 Å². The molecule has 3 aromatic heterocycles. The highest BCUT2D eigenvalue weighted by atomic mass is 32.1. The van der Waals surface area contributed by atoms with Crippen LogP contribution in [0.25, 0.3) is 0 Å². The molecular weight excluding hydrogens is 328 g/mol. The molecule has 0 fully saturated rings. The van der Waals surface area contributed by atoms with E-state index in [2.05, 4.69) is 44.9 Å². The van der Waals surface area contributed by atoms with Gasteiger partial charge in [-0.05, 0) is 35.0 Å². The van der Waals surface area contributed by atoms with E-state index in [4.69, 9.17) is 5.11 Å². The van der Waals surface area contributed by atoms with E-state index < -0.39 is 5.97 Å². The Balaban J connectivity index is 1.73. The van der Waals surface area contributed by atoms with Crippen LogP contribution in [0.4, 0.5) is 0 Å². The van der Waals surface area contributed by atoms with E-state index in [0.29, 0.717) is 6.54 Å². The zero-order valence-electron chi connectivity index (χ0n) is 12.4. The molecule has 23 heavy (non-hydrogen) atoms. The van der Waals surface area contributed by atoms with Gasteiger partial charge in [-0.3, -0.25) is 9.88 Å². The first-order valence-corrected chi connectivity index (χ1v) is 8.92. The van der Waals surface area contributed by atoms with Crippen LogP contribution >= 0.6 is 22.7 Å². The van der Waals surface area contributed by atoms with E-state index in [1.807, 2.05) is 0 Å². The third kappa shape index (κ3) is 4.48. The molecule has 0 atom stereocenters. The van der Waals surface area contributed by atoms with Crippen molar-refractivity contribution in [1.82, 2.24) is 9.88 Å². The molecule has 0 aliphatic rings. The SMILES string of the molecule is O=C(O)c1ccc(CN(Cc2cccs2)Cc2cccs2)nc1. The van der Waals surface area contributed by atoms with Crippen molar-refractivity contribution in [3.05, 3.63) is 74.4 Å². The number of hydrogen-bond donors (Lipinski definition) is 1. The molecule has 3 rings (SSSR count). The van der Waals surface area contributed by atoms with Crippen LogP contribution in [0.2, 0.25) is 0 Å². The van der Waals surface area contributed by atoms with Crippen LogP contribution in [0.3, 0.4) is 0 Å². The maximum absolute atomic E-state index is 10.9. The molecule has 1 N–H and O–H groups in total. The lowest BCUT2D eigenvalue weighted by Crippen LogP contribution is -2.22. The molecule has 0 radical (unpaired) electrons. The van der Waals surface area contributed by atoms with Gasteiger partial charge < -0.3 is 5.11 Å². The number of nitrogens with zero attached hydrogens (tertiary/aromatic N) is 2. The van der Waals surface area contributed by atoms with Gasteiger partial charge in [-0.1, -0.05) is 12.1 Å². The summed E-state index contributed by atoms with van der Waals surface area (Å²) in [5.74, 6) is -0.946. The Bertz CT molecular complexity index is 701. The average molecular weight is 344 g/mol. The lowest BCUT2D eigenvalue weighted by atomic mass is 10.2. The van der Waals surface area contributed by atoms with Crippen molar-refractivity contribution in [2.45, 2.75) is 19.6 Å². The lowest BCUT2D eigenvalue weighted by molar-refractivity contribution is 0.0696. The van der Waals surface area contributed by atoms with E-state index in [9.17, 15) is 4.79 Å². The summed E-state index contributed by atoms with van der Waals surface area (Å²) in [6.07, 6.45) is 1.42. The van der Waals surface area contributed by atoms with Crippen LogP contribution in [-0.2, 0) is 19.6 Å². The summed E-state index contributed by atoms with van der Waals surface area (Å²) in [5.41, 5.74) is 1.10. The van der Waals surface area contributed by atoms with Gasteiger partial charge in [0.2, 0.25) is 0 Å². The molecule has 0 aliphatic heterocycles. The summed E-state index contributed by atoms with van der Waals surface area (Å²) in [5, 5.41) is 13.1. The molecule has 4 nitrogen and oxygen atoms in total. The second-order valence-electron chi connectivity index (χ2n) is 5.15. The van der Waals surface area contributed by atoms with Gasteiger partial charge in [0.25, 0.3) is 0 Å². The van der Waals surface area contributed by atoms with Crippen LogP contribution in [0.5, 0.6) is 0 Å². The summed E-state index contributed by atoms with van der Waals surface area (Å²) in [4.78, 5) is 20.1. The standard InChI is InChI=1S/C17H16N2O2S2/c20-17(21)13-5-6-14(18-9-13)10-19(11-15-3-1-7-22-15)12-16-4-2-8-23-16/h1-9H,10-12H2,(H,20,21). The number of aromatic carboxylic acids is 1. The van der Waals surface area contributed by atoms with Crippen LogP contribution in [0, 0.1) is 0 Å². The fraction of sp³-hybridized carbons (Fsp3) is 0.176. The largest absolute Gasteiger partial charge is 0.478 e. The van der Waals surface area contributed by atoms with Crippen LogP contribution in [0.1, 0.15) is 25.8 Å². The Morgan fingerprint density at radius 2 is 1.65 bits per heavy atom. The zero-order valence-corrected chi connectivity index (χ0v) is 14.0. The molecule has 0 bridgehead atoms. The molecule has 0 amide bonds. The summed E-state index contributed by atoms with van der Waals surface area (Å²) < 4.78 is 0. The quantitative estimate of drug-likeness (QED) is 0.701. The van der Waals surface area contributed by atoms with E-state index in [0.717, 1.165) is 18.8 Å². The molecule has 0 unspecified atom stereocenters. The Morgan fingerprint density at radius 1 is 1.00 bits per heavy atom. The maximum Gasteiger partial charge on any atom is 0.337 e. The highest BCUT2D eigenvalue weighted by molar-refractivity contribution is 7.10. The fourth-order valence-electron chi connectivity index (χ4n) is 2.29. The third-order valence-electron chi connectivity index (χ3n) is 3.38. The topological polar surface area (TPSA) is 53.4 Å². The Hall–Kier alpha value is -2.02. The minimum absolute atomic E-state index is 0.219. The normalized spacial score (nSPS) is 11.0. The van der Waals surface area contributed by atoms with Gasteiger partial charge in [0.05, 0.1) is 11.3 Å². The van der Waals surface area contributed by atoms with Crippen LogP contribution in [-0.4, -0.2) is 21.0 Å². The van der Waals surface area contributed by atoms with Gasteiger partial charge in [-0.15, -0.1) is 22.7 Å². The maximum atomic E-state index is 10.9. The summed E-state index contributed by atoms with van der Waals surface area (Å²) in [6, 6.07) is 11.8. The van der Waals surface area contributed by atoms with Gasteiger partial charge >= 0.3 is 5.97 Å². The molecule has 0 aromatic carbocycles. The van der Waals surface area contributed by atoms with Crippen molar-refractivity contribution in [3.8, 4) is 0 Å². The van der Waals surface area contributed by atoms with E-state index in [1.165, 1.54) is 16.0 Å². The van der Waals surface area contributed by atoms with Gasteiger partial charge in [0.1, 0.15) is 0 Å². The summed E-state index contributed by atoms with van der Waals surface area (Å²) >= 11 is 3.49. The average Bonchev–Trinajstić information content (AvgIpc) is 3.21. The molecule has 3 heterocycles. The molecule has 0 spiro atoms. The smallest absolute Gasteiger partial charge is 0.337 e. The first kappa shape index (κ1) is 15.9. The lowest BCUT2D eigenvalue weighted by Gasteiger charge is -2.20. The van der Waals surface area contributed by atoms with Crippen LogP contribution in [0.15, 0.2) is 53.4 Å². The van der Waals surface area contributed by atoms with Gasteiger partial charge in [0, 0.05) is 35.6 Å². The van der Waals surface area contributed by atoms with Crippen molar-refractivity contribution in [2.24, 2.45) is 0 Å². The summed E-state index contributed by atoms with van der Waals surface area (Å²) in [6.45, 7) is 2.41. The number of aromatic nitrogens is 1. The second kappa shape index (κ2) is 7.50. The second-order valence-corrected chi connectivity index (χ2v) is 7.21. The van der Waals surface area contributed by atoms with Crippen molar-refractivity contribution in [2.75, 3.05) is 0 Å². The number of hydrogen-bond acceptors (Lipinski definition) is 5. The predicted molar refractivity (Wildman–Crippen MR) is 92.8 cm³/mol. The Kier molecular flexibility index (Phi) is 5.17. The van der Waals surface area contributed by atoms with Crippen molar-refractivity contribution < 1.29 is 9.90 Å². The predicted octanol–water partition coefficient (Wildman–Crippen LogP) is 4.11. The molecule has 0 saturated heterocycles. The third-order valence-corrected chi connectivity index (χ3v) is 5.10. The number of rotatable bonds is 7. The minimum Gasteiger partial charge on any atom is -0.478 e. The van der Waals surface area contributed by atoms with Gasteiger partial charge in [-0.25, -0.2) is 4.79 Å². The van der Waals surface area contributed by atoms with Crippen molar-refractivity contribution >= 4 is 28.6 Å². The number of carbonyl (C=O) groups is 1. The monoisotopic (exact) mass is 344 g/mol. The van der Waals surface area contributed by atoms with E-state index >= 15 is 0 Å². The number of carboxylic acids is 1. The highest BCUT2D eigenvalue weighted by Crippen LogP contribution is 2.19. The molecule has 6 heteroatoms. The molecule has 3 aromatic rings. The Morgan fingerprint density at radius 3 is 2.09 bits per heavy atom. The molecular formula is C17H16N2O2S2. The minimum atomic E-state index is -0.946. The first-order chi connectivity index (χ1) is 11.2. The highest BCUT2D eigenvalue weighted by Gasteiger charge is 2.11. The molecule has 0 saturated carbocycles. The number of thiophene rings is 2. The van der Waals surface area contributed by atoms with E-state index in [-0.39, 0.29) is 5.56 Å². The fourth-order valence-corrected chi connectivity index (χ4v) is 3.78. The van der Waals surface area contributed by atoms with Crippen molar-refractivity contribution in [3.63, 3.8) is 0 Å². The van der Waals surface area contributed by atoms with Gasteiger partial charge in [0.15, 0.2) is 0 Å². The number of carboxylic acid groups (broad SMARTS) is 1. The molecule has 0 aliphatic carbocycles.